The fraction of sp³-hybridized carbons (Fsp3) is 0.550. The third-order valence-corrected chi connectivity index (χ3v) is 10.2. The normalized spacial score (nSPS) is 13.0. The summed E-state index contributed by atoms with van der Waals surface area (Å²) in [7, 11) is -0.256. The number of carbonyl (C=O) groups is 1. The quantitative estimate of drug-likeness (QED) is 0.172. The van der Waals surface area contributed by atoms with E-state index in [-0.39, 0.29) is 11.0 Å². The highest BCUT2D eigenvalue weighted by molar-refractivity contribution is 8.03. The van der Waals surface area contributed by atoms with Crippen LogP contribution in [0.25, 0.3) is 0 Å². The first-order valence-electron chi connectivity index (χ1n) is 8.81. The molecule has 3 nitrogen and oxygen atoms in total. The van der Waals surface area contributed by atoms with Crippen molar-refractivity contribution in [2.45, 2.75) is 63.1 Å². The highest BCUT2D eigenvalue weighted by atomic mass is 32.2. The minimum Gasteiger partial charge on any atom is -0.466 e. The Kier molecular flexibility index (Phi) is 8.97. The monoisotopic (exact) mass is 380 g/mol. The number of methoxy groups -OCH3 is 1. The molecule has 0 bridgehead atoms. The summed E-state index contributed by atoms with van der Waals surface area (Å²) in [5.74, 6) is -0.295. The Morgan fingerprint density at radius 2 is 1.80 bits per heavy atom. The van der Waals surface area contributed by atoms with Gasteiger partial charge in [0.2, 0.25) is 0 Å². The van der Waals surface area contributed by atoms with Gasteiger partial charge in [-0.15, -0.1) is 0 Å². The maximum atomic E-state index is 11.6. The van der Waals surface area contributed by atoms with Gasteiger partial charge in [-0.3, -0.25) is 0 Å². The molecule has 0 aromatic heterocycles. The molecule has 0 fully saturated rings. The highest BCUT2D eigenvalue weighted by Crippen LogP contribution is 2.36. The van der Waals surface area contributed by atoms with Gasteiger partial charge in [-0.2, -0.15) is 0 Å². The lowest BCUT2D eigenvalue weighted by atomic mass is 10.2. The molecule has 25 heavy (non-hydrogen) atoms. The van der Waals surface area contributed by atoms with Crippen LogP contribution in [0.5, 0.6) is 0 Å². The number of allylic oxidation sites excluding steroid dienone is 1. The van der Waals surface area contributed by atoms with Crippen LogP contribution in [0.3, 0.4) is 0 Å². The van der Waals surface area contributed by atoms with Crippen molar-refractivity contribution in [1.29, 1.82) is 0 Å². The van der Waals surface area contributed by atoms with E-state index in [1.54, 1.807) is 17.8 Å². The molecule has 0 saturated carbocycles. The van der Waals surface area contributed by atoms with Crippen LogP contribution in [0.15, 0.2) is 46.2 Å². The molecule has 0 spiro atoms. The van der Waals surface area contributed by atoms with Crippen LogP contribution in [-0.4, -0.2) is 28.0 Å². The molecule has 0 atom stereocenters. The average Bonchev–Trinajstić information content (AvgIpc) is 2.54. The van der Waals surface area contributed by atoms with E-state index in [0.29, 0.717) is 0 Å². The Hall–Kier alpha value is -1.04. The van der Waals surface area contributed by atoms with Crippen molar-refractivity contribution < 1.29 is 14.0 Å². The molecule has 0 aliphatic rings. The van der Waals surface area contributed by atoms with Crippen LogP contribution in [0, 0.1) is 0 Å². The summed E-state index contributed by atoms with van der Waals surface area (Å²) in [6.45, 7) is 12.1. The molecule has 5 heteroatoms. The number of benzene rings is 1. The lowest BCUT2D eigenvalue weighted by molar-refractivity contribution is -0.134. The van der Waals surface area contributed by atoms with E-state index in [4.69, 9.17) is 9.16 Å². The predicted octanol–water partition coefficient (Wildman–Crippen LogP) is 6.03. The molecule has 0 saturated heterocycles. The second kappa shape index (κ2) is 10.2. The smallest absolute Gasteiger partial charge is 0.331 e. The largest absolute Gasteiger partial charge is 0.466 e. The van der Waals surface area contributed by atoms with Crippen molar-refractivity contribution in [2.75, 3.05) is 13.7 Å². The molecule has 0 amide bonds. The maximum absolute atomic E-state index is 11.6. The zero-order valence-corrected chi connectivity index (χ0v) is 18.2. The summed E-state index contributed by atoms with van der Waals surface area (Å²) in [4.78, 5) is 13.8. The molecule has 0 aliphatic heterocycles. The Labute approximate surface area is 158 Å². The van der Waals surface area contributed by atoms with E-state index < -0.39 is 8.32 Å². The minimum absolute atomic E-state index is 0.242. The molecular formula is C20H32O3SSi. The van der Waals surface area contributed by atoms with Crippen LogP contribution < -0.4 is 0 Å². The number of unbranched alkanes of at least 4 members (excludes halogenated alkanes) is 1. The summed E-state index contributed by atoms with van der Waals surface area (Å²) in [6, 6.07) is 10.1. The first-order valence-corrected chi connectivity index (χ1v) is 12.5. The Bertz CT molecular complexity index is 562. The Morgan fingerprint density at radius 1 is 1.16 bits per heavy atom. The molecule has 1 aromatic carbocycles. The van der Waals surface area contributed by atoms with Crippen molar-refractivity contribution in [3.63, 3.8) is 0 Å². The van der Waals surface area contributed by atoms with E-state index in [0.717, 1.165) is 35.7 Å². The molecule has 0 radical (unpaired) electrons. The lowest BCUT2D eigenvalue weighted by Crippen LogP contribution is -2.40. The second-order valence-corrected chi connectivity index (χ2v) is 13.6. The number of thioether (sulfide) groups is 1. The topological polar surface area (TPSA) is 35.5 Å². The van der Waals surface area contributed by atoms with E-state index in [1.807, 2.05) is 18.2 Å². The van der Waals surface area contributed by atoms with Gasteiger partial charge >= 0.3 is 5.97 Å². The summed E-state index contributed by atoms with van der Waals surface area (Å²) in [6.07, 6.45) is 4.46. The van der Waals surface area contributed by atoms with Gasteiger partial charge in [0.1, 0.15) is 0 Å². The van der Waals surface area contributed by atoms with Crippen molar-refractivity contribution in [3.05, 3.63) is 41.3 Å². The maximum Gasteiger partial charge on any atom is 0.331 e. The number of hydrogen-bond acceptors (Lipinski definition) is 4. The Balaban J connectivity index is 2.51. The third kappa shape index (κ3) is 8.25. The van der Waals surface area contributed by atoms with Gasteiger partial charge in [0.05, 0.1) is 7.11 Å². The first-order chi connectivity index (χ1) is 11.7. The van der Waals surface area contributed by atoms with E-state index in [2.05, 4.69) is 46.0 Å². The van der Waals surface area contributed by atoms with Crippen molar-refractivity contribution in [2.24, 2.45) is 0 Å². The molecule has 0 N–H and O–H groups in total. The van der Waals surface area contributed by atoms with Crippen molar-refractivity contribution >= 4 is 26.0 Å². The zero-order valence-electron chi connectivity index (χ0n) is 16.4. The average molecular weight is 381 g/mol. The van der Waals surface area contributed by atoms with Gasteiger partial charge in [0, 0.05) is 17.6 Å². The second-order valence-electron chi connectivity index (χ2n) is 7.61. The first kappa shape index (κ1) is 22.0. The van der Waals surface area contributed by atoms with Crippen LogP contribution in [0.2, 0.25) is 18.1 Å². The van der Waals surface area contributed by atoms with Gasteiger partial charge in [-0.05, 0) is 54.4 Å². The van der Waals surface area contributed by atoms with Gasteiger partial charge in [0.15, 0.2) is 8.32 Å². The van der Waals surface area contributed by atoms with Crippen molar-refractivity contribution in [3.8, 4) is 0 Å². The lowest BCUT2D eigenvalue weighted by Gasteiger charge is -2.36. The third-order valence-electron chi connectivity index (χ3n) is 4.56. The number of rotatable bonds is 9. The summed E-state index contributed by atoms with van der Waals surface area (Å²) < 4.78 is 11.0. The molecule has 0 aliphatic carbocycles. The number of hydrogen-bond donors (Lipinski definition) is 0. The van der Waals surface area contributed by atoms with E-state index >= 15 is 0 Å². The molecule has 0 unspecified atom stereocenters. The van der Waals surface area contributed by atoms with Gasteiger partial charge in [0.25, 0.3) is 0 Å². The standard InChI is InChI=1S/C20H32O3SSi/c1-20(2,3)25(5,6)23-15-11-10-14-18(16-19(21)22-4)24-17-12-8-7-9-13-17/h7-9,12-13,16H,10-11,14-15H2,1-6H3/b18-16+. The molecular weight excluding hydrogens is 348 g/mol. The Morgan fingerprint density at radius 3 is 2.36 bits per heavy atom. The molecule has 140 valence electrons. The molecule has 1 aromatic rings. The van der Waals surface area contributed by atoms with Gasteiger partial charge in [-0.25, -0.2) is 4.79 Å². The minimum atomic E-state index is -1.67. The van der Waals surface area contributed by atoms with Crippen LogP contribution in [0.4, 0.5) is 0 Å². The van der Waals surface area contributed by atoms with Gasteiger partial charge < -0.3 is 9.16 Å². The molecule has 1 rings (SSSR count). The van der Waals surface area contributed by atoms with Crippen molar-refractivity contribution in [1.82, 2.24) is 0 Å². The summed E-state index contributed by atoms with van der Waals surface area (Å²) in [5, 5.41) is 0.242. The summed E-state index contributed by atoms with van der Waals surface area (Å²) >= 11 is 1.63. The van der Waals surface area contributed by atoms with E-state index in [1.165, 1.54) is 7.11 Å². The number of esters is 1. The number of ether oxygens (including phenoxy) is 1. The highest BCUT2D eigenvalue weighted by Gasteiger charge is 2.36. The molecule has 0 heterocycles. The van der Waals surface area contributed by atoms with Crippen LogP contribution in [0.1, 0.15) is 40.0 Å². The van der Waals surface area contributed by atoms with Crippen LogP contribution in [-0.2, 0) is 14.0 Å². The van der Waals surface area contributed by atoms with Crippen LogP contribution >= 0.6 is 11.8 Å². The van der Waals surface area contributed by atoms with Gasteiger partial charge in [-0.1, -0.05) is 50.7 Å². The SMILES string of the molecule is COC(=O)/C=C(\CCCCO[Si](C)(C)C(C)(C)C)Sc1ccccc1. The fourth-order valence-corrected chi connectivity index (χ4v) is 4.01. The fourth-order valence-electron chi connectivity index (χ4n) is 1.93. The predicted molar refractivity (Wildman–Crippen MR) is 109 cm³/mol. The van der Waals surface area contributed by atoms with E-state index in [9.17, 15) is 4.79 Å². The summed E-state index contributed by atoms with van der Waals surface area (Å²) in [5.41, 5.74) is 0. The number of carbonyl (C=O) groups excluding carboxylic acids is 1. The zero-order chi connectivity index (χ0) is 18.9.